The van der Waals surface area contributed by atoms with Gasteiger partial charge < -0.3 is 10.6 Å². The molecule has 52 valence electrons. The molecule has 1 aliphatic heterocycles. The van der Waals surface area contributed by atoms with Crippen LogP contribution in [0.1, 0.15) is 12.8 Å². The summed E-state index contributed by atoms with van der Waals surface area (Å²) in [6, 6.07) is 1.34. The topological polar surface area (TPSA) is 29.3 Å². The summed E-state index contributed by atoms with van der Waals surface area (Å²) in [6.07, 6.45) is 2.60. The first-order valence-corrected chi connectivity index (χ1v) is 3.73. The van der Waals surface area contributed by atoms with E-state index >= 15 is 0 Å². The molecule has 2 heteroatoms. The number of hydrogen-bond acceptors (Lipinski definition) is 2. The van der Waals surface area contributed by atoms with Gasteiger partial charge in [0.15, 0.2) is 0 Å². The Labute approximate surface area is 56.0 Å². The van der Waals surface area contributed by atoms with E-state index in [4.69, 9.17) is 5.73 Å². The van der Waals surface area contributed by atoms with Crippen molar-refractivity contribution in [2.75, 3.05) is 13.6 Å². The van der Waals surface area contributed by atoms with E-state index < -0.39 is 0 Å². The fourth-order valence-electron chi connectivity index (χ4n) is 2.22. The molecule has 2 aliphatic rings. The van der Waals surface area contributed by atoms with Crippen molar-refractivity contribution in [1.82, 2.24) is 4.90 Å². The van der Waals surface area contributed by atoms with Crippen molar-refractivity contribution in [3.05, 3.63) is 0 Å². The monoisotopic (exact) mass is 126 g/mol. The Morgan fingerprint density at radius 3 is 2.56 bits per heavy atom. The van der Waals surface area contributed by atoms with E-state index in [-0.39, 0.29) is 0 Å². The van der Waals surface area contributed by atoms with Crippen molar-refractivity contribution < 1.29 is 0 Å². The predicted molar refractivity (Wildman–Crippen MR) is 37.1 cm³/mol. The fourth-order valence-corrected chi connectivity index (χ4v) is 2.22. The highest BCUT2D eigenvalue weighted by Gasteiger charge is 2.40. The summed E-state index contributed by atoms with van der Waals surface area (Å²) in [5.41, 5.74) is 5.86. The third-order valence-corrected chi connectivity index (χ3v) is 2.87. The maximum Gasteiger partial charge on any atom is 0.0111 e. The Bertz CT molecular complexity index is 106. The lowest BCUT2D eigenvalue weighted by molar-refractivity contribution is 0.243. The first kappa shape index (κ1) is 5.69. The zero-order chi connectivity index (χ0) is 6.43. The molecule has 1 unspecified atom stereocenters. The second kappa shape index (κ2) is 1.70. The van der Waals surface area contributed by atoms with Gasteiger partial charge in [0.25, 0.3) is 0 Å². The van der Waals surface area contributed by atoms with Crippen molar-refractivity contribution in [3.63, 3.8) is 0 Å². The molecule has 2 rings (SSSR count). The molecule has 2 nitrogen and oxygen atoms in total. The van der Waals surface area contributed by atoms with Crippen LogP contribution in [-0.4, -0.2) is 30.6 Å². The van der Waals surface area contributed by atoms with Crippen LogP contribution in [-0.2, 0) is 0 Å². The minimum Gasteiger partial charge on any atom is -0.327 e. The second-order valence-corrected chi connectivity index (χ2v) is 3.49. The van der Waals surface area contributed by atoms with E-state index in [0.717, 1.165) is 12.0 Å². The van der Waals surface area contributed by atoms with E-state index in [2.05, 4.69) is 11.9 Å². The Morgan fingerprint density at radius 1 is 1.44 bits per heavy atom. The lowest BCUT2D eigenvalue weighted by atomic mass is 10.1. The van der Waals surface area contributed by atoms with Crippen molar-refractivity contribution >= 4 is 0 Å². The average molecular weight is 126 g/mol. The Hall–Kier alpha value is -0.0800. The van der Waals surface area contributed by atoms with Crippen LogP contribution in [0.2, 0.25) is 0 Å². The largest absolute Gasteiger partial charge is 0.327 e. The van der Waals surface area contributed by atoms with Crippen LogP contribution in [0.5, 0.6) is 0 Å². The van der Waals surface area contributed by atoms with Gasteiger partial charge in [-0.25, -0.2) is 0 Å². The molecular weight excluding hydrogens is 112 g/mol. The number of likely N-dealkylation sites (tertiary alicyclic amines) is 1. The zero-order valence-electron chi connectivity index (χ0n) is 5.88. The van der Waals surface area contributed by atoms with Crippen LogP contribution in [0.25, 0.3) is 0 Å². The van der Waals surface area contributed by atoms with Crippen LogP contribution in [0, 0.1) is 5.92 Å². The maximum absolute atomic E-state index is 5.86. The molecule has 0 spiro atoms. The summed E-state index contributed by atoms with van der Waals surface area (Å²) < 4.78 is 0. The standard InChI is InChI=1S/C7H14N2/c1-9-4-5-2-6(9)3-7(5)8/h5-7H,2-4,8H2,1H3/t5-,6?,7-/m1/s1. The van der Waals surface area contributed by atoms with Crippen molar-refractivity contribution in [2.24, 2.45) is 11.7 Å². The molecule has 0 aromatic rings. The SMILES string of the molecule is CN1C[C@H]2CC1C[C@H]2N. The van der Waals surface area contributed by atoms with E-state index in [9.17, 15) is 0 Å². The van der Waals surface area contributed by atoms with Gasteiger partial charge in [-0.3, -0.25) is 0 Å². The molecule has 1 saturated carbocycles. The van der Waals surface area contributed by atoms with Gasteiger partial charge in [-0.2, -0.15) is 0 Å². The maximum atomic E-state index is 5.86. The predicted octanol–water partition coefficient (Wildman–Crippen LogP) is 0.0377. The van der Waals surface area contributed by atoms with Crippen LogP contribution in [0.15, 0.2) is 0 Å². The summed E-state index contributed by atoms with van der Waals surface area (Å²) >= 11 is 0. The lowest BCUT2D eigenvalue weighted by Gasteiger charge is -2.25. The summed E-state index contributed by atoms with van der Waals surface area (Å²) in [6.45, 7) is 1.24. The second-order valence-electron chi connectivity index (χ2n) is 3.49. The molecule has 9 heavy (non-hydrogen) atoms. The highest BCUT2D eigenvalue weighted by Crippen LogP contribution is 2.35. The van der Waals surface area contributed by atoms with Gasteiger partial charge in [-0.15, -0.1) is 0 Å². The summed E-state index contributed by atoms with van der Waals surface area (Å²) in [4.78, 5) is 2.44. The number of fused-ring (bicyclic) bond motifs is 2. The smallest absolute Gasteiger partial charge is 0.0111 e. The number of nitrogens with two attached hydrogens (primary N) is 1. The van der Waals surface area contributed by atoms with Crippen molar-refractivity contribution in [2.45, 2.75) is 24.9 Å². The van der Waals surface area contributed by atoms with Crippen molar-refractivity contribution in [3.8, 4) is 0 Å². The van der Waals surface area contributed by atoms with Gasteiger partial charge in [0.1, 0.15) is 0 Å². The van der Waals surface area contributed by atoms with E-state index in [0.29, 0.717) is 6.04 Å². The van der Waals surface area contributed by atoms with Gasteiger partial charge in [0.05, 0.1) is 0 Å². The summed E-state index contributed by atoms with van der Waals surface area (Å²) in [5, 5.41) is 0. The molecule has 2 N–H and O–H groups in total. The minimum atomic E-state index is 0.520. The van der Waals surface area contributed by atoms with Crippen LogP contribution >= 0.6 is 0 Å². The Morgan fingerprint density at radius 2 is 2.22 bits per heavy atom. The zero-order valence-corrected chi connectivity index (χ0v) is 5.88. The molecular formula is C7H14N2. The summed E-state index contributed by atoms with van der Waals surface area (Å²) in [5.74, 6) is 0.819. The van der Waals surface area contributed by atoms with E-state index in [1.807, 2.05) is 0 Å². The molecule has 0 amide bonds. The number of hydrogen-bond donors (Lipinski definition) is 1. The first-order valence-electron chi connectivity index (χ1n) is 3.73. The molecule has 2 bridgehead atoms. The quantitative estimate of drug-likeness (QED) is 0.496. The number of rotatable bonds is 0. The van der Waals surface area contributed by atoms with Crippen LogP contribution < -0.4 is 5.73 Å². The minimum absolute atomic E-state index is 0.520. The van der Waals surface area contributed by atoms with E-state index in [1.54, 1.807) is 0 Å². The van der Waals surface area contributed by atoms with Crippen molar-refractivity contribution in [1.29, 1.82) is 0 Å². The molecule has 2 fully saturated rings. The fraction of sp³-hybridized carbons (Fsp3) is 1.00. The Balaban J connectivity index is 2.10. The molecule has 3 atom stereocenters. The molecule has 1 aliphatic carbocycles. The van der Waals surface area contributed by atoms with Crippen LogP contribution in [0.3, 0.4) is 0 Å². The molecule has 1 heterocycles. The normalized spacial score (nSPS) is 50.7. The third kappa shape index (κ3) is 0.700. The highest BCUT2D eigenvalue weighted by atomic mass is 15.2. The number of nitrogens with zero attached hydrogens (tertiary/aromatic N) is 1. The van der Waals surface area contributed by atoms with Crippen LogP contribution in [0.4, 0.5) is 0 Å². The van der Waals surface area contributed by atoms with E-state index in [1.165, 1.54) is 19.4 Å². The molecule has 1 saturated heterocycles. The number of piperidine rings is 1. The van der Waals surface area contributed by atoms with Gasteiger partial charge >= 0.3 is 0 Å². The molecule has 0 aromatic carbocycles. The highest BCUT2D eigenvalue weighted by molar-refractivity contribution is 4.97. The molecule has 0 radical (unpaired) electrons. The van der Waals surface area contributed by atoms with Gasteiger partial charge in [0.2, 0.25) is 0 Å². The average Bonchev–Trinajstić information content (AvgIpc) is 2.24. The Kier molecular flexibility index (Phi) is 1.08. The van der Waals surface area contributed by atoms with Gasteiger partial charge in [-0.1, -0.05) is 0 Å². The lowest BCUT2D eigenvalue weighted by Crippen LogP contribution is -2.38. The molecule has 0 aromatic heterocycles. The summed E-state index contributed by atoms with van der Waals surface area (Å²) in [7, 11) is 2.20. The van der Waals surface area contributed by atoms with Gasteiger partial charge in [0, 0.05) is 18.6 Å². The third-order valence-electron chi connectivity index (χ3n) is 2.87. The van der Waals surface area contributed by atoms with Gasteiger partial charge in [-0.05, 0) is 25.8 Å². The first-order chi connectivity index (χ1) is 4.27.